The van der Waals surface area contributed by atoms with Crippen LogP contribution in [0.25, 0.3) is 11.2 Å². The van der Waals surface area contributed by atoms with Gasteiger partial charge >= 0.3 is 5.69 Å². The predicted molar refractivity (Wildman–Crippen MR) is 112 cm³/mol. The second-order valence-electron chi connectivity index (χ2n) is 6.66. The number of carbonyl (C=O) groups is 2. The van der Waals surface area contributed by atoms with Crippen molar-refractivity contribution in [1.82, 2.24) is 24.4 Å². The summed E-state index contributed by atoms with van der Waals surface area (Å²) in [6, 6.07) is 3.37. The third kappa shape index (κ3) is 4.89. The molecule has 2 N–H and O–H groups in total. The molecule has 0 aliphatic heterocycles. The maximum atomic E-state index is 12.1. The number of hydrogen-bond donors (Lipinski definition) is 2. The van der Waals surface area contributed by atoms with Crippen LogP contribution < -0.4 is 16.3 Å². The lowest BCUT2D eigenvalue weighted by atomic mass is 10.2. The summed E-state index contributed by atoms with van der Waals surface area (Å²) in [5.41, 5.74) is 0.985. The first-order valence-electron chi connectivity index (χ1n) is 9.41. The second-order valence-corrected chi connectivity index (χ2v) is 7.86. The molecule has 29 heavy (non-hydrogen) atoms. The van der Waals surface area contributed by atoms with Crippen molar-refractivity contribution >= 4 is 40.1 Å². The second kappa shape index (κ2) is 8.99. The van der Waals surface area contributed by atoms with Crippen LogP contribution in [0.3, 0.4) is 0 Å². The van der Waals surface area contributed by atoms with Gasteiger partial charge < -0.3 is 10.6 Å². The highest BCUT2D eigenvalue weighted by Gasteiger charge is 2.12. The first-order valence-corrected chi connectivity index (χ1v) is 10.2. The fourth-order valence-electron chi connectivity index (χ4n) is 2.89. The highest BCUT2D eigenvalue weighted by molar-refractivity contribution is 7.11. The molecule has 3 aromatic heterocycles. The molecular formula is C19H24N6O3S. The fourth-order valence-corrected chi connectivity index (χ4v) is 3.76. The van der Waals surface area contributed by atoms with E-state index in [1.807, 2.05) is 6.20 Å². The number of thiazole rings is 1. The molecule has 0 saturated carbocycles. The van der Waals surface area contributed by atoms with Gasteiger partial charge in [-0.1, -0.05) is 6.92 Å². The fraction of sp³-hybridized carbons (Fsp3) is 0.421. The number of rotatable bonds is 8. The van der Waals surface area contributed by atoms with Gasteiger partial charge in [0.1, 0.15) is 5.82 Å². The number of fused-ring (bicyclic) bond motifs is 1. The van der Waals surface area contributed by atoms with Crippen LogP contribution in [0.15, 0.2) is 23.1 Å². The van der Waals surface area contributed by atoms with E-state index in [4.69, 9.17) is 0 Å². The lowest BCUT2D eigenvalue weighted by Crippen LogP contribution is -2.26. The SMILES string of the molecule is CCc1cnc(CCNC(=O)CCC(=O)Nc2ccc3c(n2)n(C)c(=O)n3C)s1. The molecule has 0 fully saturated rings. The summed E-state index contributed by atoms with van der Waals surface area (Å²) < 4.78 is 2.91. The maximum absolute atomic E-state index is 12.1. The first-order chi connectivity index (χ1) is 13.9. The Balaban J connectivity index is 1.45. The molecule has 0 radical (unpaired) electrons. The summed E-state index contributed by atoms with van der Waals surface area (Å²) in [5.74, 6) is -0.138. The molecular weight excluding hydrogens is 392 g/mol. The van der Waals surface area contributed by atoms with E-state index in [1.165, 1.54) is 14.0 Å². The van der Waals surface area contributed by atoms with Gasteiger partial charge in [0.15, 0.2) is 5.65 Å². The Hall–Kier alpha value is -3.01. The summed E-state index contributed by atoms with van der Waals surface area (Å²) in [5, 5.41) is 6.48. The van der Waals surface area contributed by atoms with Gasteiger partial charge in [-0.15, -0.1) is 11.3 Å². The number of hydrogen-bond acceptors (Lipinski definition) is 6. The Morgan fingerprint density at radius 2 is 1.90 bits per heavy atom. The van der Waals surface area contributed by atoms with Crippen LogP contribution in [-0.2, 0) is 36.5 Å². The van der Waals surface area contributed by atoms with E-state index >= 15 is 0 Å². The Labute approximate surface area is 171 Å². The lowest BCUT2D eigenvalue weighted by Gasteiger charge is -2.06. The molecule has 0 atom stereocenters. The zero-order valence-corrected chi connectivity index (χ0v) is 17.5. The third-order valence-electron chi connectivity index (χ3n) is 4.56. The largest absolute Gasteiger partial charge is 0.356 e. The van der Waals surface area contributed by atoms with Crippen LogP contribution in [0, 0.1) is 0 Å². The standard InChI is InChI=1S/C19H24N6O3S/c1-4-12-11-21-17(29-12)9-10-20-15(26)7-8-16(27)22-14-6-5-13-18(23-14)25(3)19(28)24(13)2/h5-6,11H,4,7-10H2,1-3H3,(H,20,26)(H,22,23,27). The van der Waals surface area contributed by atoms with Gasteiger partial charge in [0, 0.05) is 51.0 Å². The molecule has 0 bridgehead atoms. The van der Waals surface area contributed by atoms with Crippen molar-refractivity contribution in [1.29, 1.82) is 0 Å². The van der Waals surface area contributed by atoms with Crippen LogP contribution in [0.2, 0.25) is 0 Å². The molecule has 3 rings (SSSR count). The predicted octanol–water partition coefficient (Wildman–Crippen LogP) is 1.37. The van der Waals surface area contributed by atoms with Crippen molar-refractivity contribution < 1.29 is 9.59 Å². The van der Waals surface area contributed by atoms with Crippen molar-refractivity contribution in [3.05, 3.63) is 38.7 Å². The van der Waals surface area contributed by atoms with Crippen LogP contribution in [-0.4, -0.2) is 37.5 Å². The Morgan fingerprint density at radius 1 is 1.14 bits per heavy atom. The molecule has 0 aliphatic rings. The van der Waals surface area contributed by atoms with E-state index in [9.17, 15) is 14.4 Å². The minimum atomic E-state index is -0.305. The number of aryl methyl sites for hydroxylation is 3. The van der Waals surface area contributed by atoms with Gasteiger partial charge in [0.2, 0.25) is 11.8 Å². The van der Waals surface area contributed by atoms with Crippen molar-refractivity contribution in [3.8, 4) is 0 Å². The molecule has 0 spiro atoms. The van der Waals surface area contributed by atoms with Gasteiger partial charge in [-0.05, 0) is 18.6 Å². The van der Waals surface area contributed by atoms with Crippen LogP contribution in [0.4, 0.5) is 5.82 Å². The molecule has 154 valence electrons. The average Bonchev–Trinajstić information content (AvgIpc) is 3.25. The number of pyridine rings is 1. The Bertz CT molecular complexity index is 1100. The van der Waals surface area contributed by atoms with E-state index in [-0.39, 0.29) is 30.3 Å². The quantitative estimate of drug-likeness (QED) is 0.576. The number of anilines is 1. The molecule has 2 amide bonds. The summed E-state index contributed by atoms with van der Waals surface area (Å²) >= 11 is 1.65. The number of carbonyl (C=O) groups excluding carboxylic acids is 2. The highest BCUT2D eigenvalue weighted by atomic mass is 32.1. The van der Waals surface area contributed by atoms with Gasteiger partial charge in [0.05, 0.1) is 10.5 Å². The molecule has 3 aromatic rings. The highest BCUT2D eigenvalue weighted by Crippen LogP contribution is 2.14. The monoisotopic (exact) mass is 416 g/mol. The van der Waals surface area contributed by atoms with E-state index in [0.29, 0.717) is 29.9 Å². The molecule has 10 heteroatoms. The molecule has 3 heterocycles. The summed E-state index contributed by atoms with van der Waals surface area (Å²) in [4.78, 5) is 45.9. The topological polar surface area (TPSA) is 111 Å². The first kappa shape index (κ1) is 20.7. The molecule has 9 nitrogen and oxygen atoms in total. The maximum Gasteiger partial charge on any atom is 0.329 e. The molecule has 0 saturated heterocycles. The molecule has 0 unspecified atom stereocenters. The van der Waals surface area contributed by atoms with E-state index in [0.717, 1.165) is 11.4 Å². The van der Waals surface area contributed by atoms with Gasteiger partial charge in [-0.2, -0.15) is 0 Å². The van der Waals surface area contributed by atoms with Gasteiger partial charge in [0.25, 0.3) is 0 Å². The zero-order valence-electron chi connectivity index (χ0n) is 16.7. The minimum Gasteiger partial charge on any atom is -0.356 e. The molecule has 0 aliphatic carbocycles. The normalized spacial score (nSPS) is 11.0. The van der Waals surface area contributed by atoms with Gasteiger partial charge in [-0.3, -0.25) is 18.7 Å². The number of amides is 2. The third-order valence-corrected chi connectivity index (χ3v) is 5.77. The summed E-state index contributed by atoms with van der Waals surface area (Å²) in [6.45, 7) is 2.58. The van der Waals surface area contributed by atoms with Crippen LogP contribution in [0.5, 0.6) is 0 Å². The van der Waals surface area contributed by atoms with Crippen molar-refractivity contribution in [2.75, 3.05) is 11.9 Å². The van der Waals surface area contributed by atoms with E-state index < -0.39 is 0 Å². The van der Waals surface area contributed by atoms with E-state index in [1.54, 1.807) is 37.6 Å². The number of aromatic nitrogens is 4. The Morgan fingerprint density at radius 3 is 2.62 bits per heavy atom. The lowest BCUT2D eigenvalue weighted by molar-refractivity contribution is -0.124. The average molecular weight is 417 g/mol. The zero-order chi connectivity index (χ0) is 21.0. The number of nitrogens with one attached hydrogen (secondary N) is 2. The Kier molecular flexibility index (Phi) is 6.42. The van der Waals surface area contributed by atoms with Crippen molar-refractivity contribution in [2.45, 2.75) is 32.6 Å². The van der Waals surface area contributed by atoms with Crippen LogP contribution >= 0.6 is 11.3 Å². The smallest absolute Gasteiger partial charge is 0.329 e. The van der Waals surface area contributed by atoms with Crippen LogP contribution in [0.1, 0.15) is 29.7 Å². The van der Waals surface area contributed by atoms with E-state index in [2.05, 4.69) is 27.5 Å². The number of imidazole rings is 1. The van der Waals surface area contributed by atoms with Gasteiger partial charge in [-0.25, -0.2) is 14.8 Å². The number of nitrogens with zero attached hydrogens (tertiary/aromatic N) is 4. The van der Waals surface area contributed by atoms with Crippen molar-refractivity contribution in [2.24, 2.45) is 14.1 Å². The molecule has 0 aromatic carbocycles. The van der Waals surface area contributed by atoms with Crippen molar-refractivity contribution in [3.63, 3.8) is 0 Å². The minimum absolute atomic E-state index is 0.0521. The summed E-state index contributed by atoms with van der Waals surface area (Å²) in [7, 11) is 3.29. The summed E-state index contributed by atoms with van der Waals surface area (Å²) in [6.07, 6.45) is 3.65.